The molecule has 0 aliphatic carbocycles. The summed E-state index contributed by atoms with van der Waals surface area (Å²) in [7, 11) is 0. The maximum Gasteiger partial charge on any atom is 0 e. The van der Waals surface area contributed by atoms with Crippen molar-refractivity contribution < 1.29 is 43.8 Å². The molecule has 0 unspecified atom stereocenters. The minimum atomic E-state index is 0. The summed E-state index contributed by atoms with van der Waals surface area (Å²) in [6, 6.07) is 0. The Balaban J connectivity index is 0. The smallest absolute Gasteiger partial charge is 0 e. The van der Waals surface area contributed by atoms with E-state index < -0.39 is 0 Å². The van der Waals surface area contributed by atoms with Gasteiger partial charge in [0.1, 0.15) is 0 Å². The van der Waals surface area contributed by atoms with Gasteiger partial charge in [-0.05, 0) is 0 Å². The van der Waals surface area contributed by atoms with E-state index >= 15 is 0 Å². The van der Waals surface area contributed by atoms with Crippen molar-refractivity contribution >= 4 is 0 Å². The van der Waals surface area contributed by atoms with Gasteiger partial charge < -0.3 is 60.9 Å². The van der Waals surface area contributed by atoms with E-state index in [4.69, 9.17) is 0 Å². The summed E-state index contributed by atoms with van der Waals surface area (Å²) in [5, 5.41) is 0. The van der Waals surface area contributed by atoms with Crippen LogP contribution in [-0.4, -0.2) is 0 Å². The molecule has 0 aliphatic rings. The van der Waals surface area contributed by atoms with E-state index in [1.165, 1.54) is 0 Å². The minimum Gasteiger partial charge on any atom is -1.00 e. The molecule has 8 heavy (non-hydrogen) atoms. The van der Waals surface area contributed by atoms with E-state index in [0.29, 0.717) is 0 Å². The third kappa shape index (κ3) is 211. The topological polar surface area (TPSA) is 210 Å². The van der Waals surface area contributed by atoms with Crippen molar-refractivity contribution in [1.82, 2.24) is 36.9 Å². The molecule has 0 aromatic heterocycles. The molecule has 0 aliphatic heterocycles. The van der Waals surface area contributed by atoms with Gasteiger partial charge in [-0.15, -0.1) is 0 Å². The van der Waals surface area contributed by atoms with Crippen LogP contribution in [0.25, 0.3) is 0 Å². The Morgan fingerprint density at radius 1 is 0.375 bits per heavy atom. The molecule has 6 nitrogen and oxygen atoms in total. The van der Waals surface area contributed by atoms with Crippen molar-refractivity contribution in [2.45, 2.75) is 0 Å². The molecule has 0 amide bonds. The van der Waals surface area contributed by atoms with E-state index in [9.17, 15) is 0 Å². The van der Waals surface area contributed by atoms with Crippen LogP contribution in [0.15, 0.2) is 0 Å². The Morgan fingerprint density at radius 3 is 0.375 bits per heavy atom. The van der Waals surface area contributed by atoms with E-state index in [-0.39, 0.29) is 80.7 Å². The fourth-order valence-electron chi connectivity index (χ4n) is 0. The molecule has 0 atom stereocenters. The Bertz CT molecular complexity index is 8.49. The van der Waals surface area contributed by atoms with Crippen molar-refractivity contribution in [2.24, 2.45) is 0 Å². The molecule has 0 saturated heterocycles. The van der Waals surface area contributed by atoms with E-state index in [1.54, 1.807) is 0 Å². The summed E-state index contributed by atoms with van der Waals surface area (Å²) in [4.78, 5) is 0. The second-order valence-electron chi connectivity index (χ2n) is 0. The number of halogens is 1. The molecule has 0 saturated carbocycles. The molecule has 0 aromatic carbocycles. The molecule has 0 radical (unpaired) electrons. The Hall–Kier alpha value is 1.13. The molecular weight excluding hydrogens is 401 g/mol. The monoisotopic (exact) mass is 421 g/mol. The van der Waals surface area contributed by atoms with Crippen LogP contribution in [0.4, 0.5) is 0 Å². The molecule has 0 bridgehead atoms. The molecule has 0 heterocycles. The van der Waals surface area contributed by atoms with E-state index in [0.717, 1.165) is 0 Å². The Labute approximate surface area is 80.5 Å². The summed E-state index contributed by atoms with van der Waals surface area (Å²) in [6.07, 6.45) is 0. The summed E-state index contributed by atoms with van der Waals surface area (Å²) in [5.74, 6) is 0. The van der Waals surface area contributed by atoms with Crippen LogP contribution < -0.4 is 60.9 Å². The molecule has 18 N–H and O–H groups in total. The van der Waals surface area contributed by atoms with Crippen molar-refractivity contribution in [3.05, 3.63) is 0 Å². The quantitative estimate of drug-likeness (QED) is 0.244. The van der Waals surface area contributed by atoms with Gasteiger partial charge in [0.05, 0.1) is 0 Å². The van der Waals surface area contributed by atoms with Gasteiger partial charge in [-0.3, -0.25) is 0 Å². The van der Waals surface area contributed by atoms with Gasteiger partial charge in [-0.2, -0.15) is 0 Å². The largest absolute Gasteiger partial charge is 1.00 e. The van der Waals surface area contributed by atoms with Gasteiger partial charge in [-0.1, -0.05) is 0 Å². The van der Waals surface area contributed by atoms with Crippen LogP contribution in [0, 0.1) is 0 Å². The van der Waals surface area contributed by atoms with Crippen LogP contribution in [0.1, 0.15) is 0 Å². The van der Waals surface area contributed by atoms with Crippen LogP contribution in [0.5, 0.6) is 0 Å². The van der Waals surface area contributed by atoms with Crippen molar-refractivity contribution in [3.8, 4) is 0 Å². The summed E-state index contributed by atoms with van der Waals surface area (Å²) in [5.41, 5.74) is 0. The minimum absolute atomic E-state index is 0. The third-order valence-corrected chi connectivity index (χ3v) is 0. The molecule has 64 valence electrons. The van der Waals surface area contributed by atoms with Crippen molar-refractivity contribution in [1.29, 1.82) is 0 Å². The molecule has 8 heteroatoms. The van der Waals surface area contributed by atoms with Crippen LogP contribution >= 0.6 is 0 Å². The second kappa shape index (κ2) is 325. The van der Waals surface area contributed by atoms with Gasteiger partial charge in [0.15, 0.2) is 0 Å². The summed E-state index contributed by atoms with van der Waals surface area (Å²) >= 11 is 0. The average Bonchev–Trinajstić information content (AvgIpc) is 0. The van der Waals surface area contributed by atoms with Gasteiger partial charge >= 0.3 is 0 Å². The maximum absolute atomic E-state index is 0. The maximum atomic E-state index is 0. The molecule has 0 aromatic rings. The summed E-state index contributed by atoms with van der Waals surface area (Å²) < 4.78 is 0. The van der Waals surface area contributed by atoms with Gasteiger partial charge in [0.25, 0.3) is 0 Å². The van der Waals surface area contributed by atoms with Gasteiger partial charge in [0, 0.05) is 19.8 Å². The zero-order chi connectivity index (χ0) is 0. The number of rotatable bonds is 0. The molecule has 0 spiro atoms. The molecular formula is H18IN6Os-. The normalized spacial score (nSPS) is 0. The third-order valence-electron chi connectivity index (χ3n) is 0. The fourth-order valence-corrected chi connectivity index (χ4v) is 0. The first-order chi connectivity index (χ1) is 0. The predicted octanol–water partition coefficient (Wildman–Crippen LogP) is -2.03. The second-order valence-corrected chi connectivity index (χ2v) is 0. The fraction of sp³-hybridized carbons (Fsp3) is 0. The first-order valence-corrected chi connectivity index (χ1v) is 0. The van der Waals surface area contributed by atoms with E-state index in [1.807, 2.05) is 0 Å². The Kier molecular flexibility index (Phi) is 19300. The van der Waals surface area contributed by atoms with Gasteiger partial charge in [0.2, 0.25) is 0 Å². The zero-order valence-corrected chi connectivity index (χ0v) is 9.67. The molecule has 0 fully saturated rings. The van der Waals surface area contributed by atoms with Crippen LogP contribution in [0.2, 0.25) is 0 Å². The zero-order valence-electron chi connectivity index (χ0n) is 4.97. The standard InChI is InChI=1S/HI.6H3N.Os/h1H;6*1H3;/p-1. The summed E-state index contributed by atoms with van der Waals surface area (Å²) in [6.45, 7) is 0. The van der Waals surface area contributed by atoms with E-state index in [2.05, 4.69) is 0 Å². The number of hydrogen-bond donors (Lipinski definition) is 6. The SMILES string of the molecule is N.N.N.N.N.N.[I-].[Os]. The first kappa shape index (κ1) is 475. The average molecular weight is 419 g/mol. The Morgan fingerprint density at radius 2 is 0.375 bits per heavy atom. The van der Waals surface area contributed by atoms with Crippen LogP contribution in [0.3, 0.4) is 0 Å². The van der Waals surface area contributed by atoms with Crippen molar-refractivity contribution in [3.63, 3.8) is 0 Å². The number of hydrogen-bond acceptors (Lipinski definition) is 6. The predicted molar refractivity (Wildman–Crippen MR) is 30.1 cm³/mol. The van der Waals surface area contributed by atoms with Crippen LogP contribution in [-0.2, 0) is 19.8 Å². The van der Waals surface area contributed by atoms with Gasteiger partial charge in [-0.25, -0.2) is 0 Å². The molecule has 0 rings (SSSR count). The van der Waals surface area contributed by atoms with Crippen molar-refractivity contribution in [2.75, 3.05) is 0 Å². The first-order valence-electron chi connectivity index (χ1n) is 0.